The van der Waals surface area contributed by atoms with E-state index in [-0.39, 0.29) is 11.2 Å². The van der Waals surface area contributed by atoms with E-state index in [1.54, 1.807) is 25.4 Å². The Morgan fingerprint density at radius 2 is 1.82 bits per heavy atom. The van der Waals surface area contributed by atoms with Crippen molar-refractivity contribution in [1.29, 1.82) is 0 Å². The van der Waals surface area contributed by atoms with Crippen LogP contribution in [0.5, 0.6) is 0 Å². The normalized spacial score (nSPS) is 11.1. The van der Waals surface area contributed by atoms with Crippen molar-refractivity contribution in [3.05, 3.63) is 51.3 Å². The van der Waals surface area contributed by atoms with Crippen LogP contribution in [0.4, 0.5) is 0 Å². The minimum Gasteiger partial charge on any atom is -0.306 e. The number of nitrogens with zero attached hydrogens (tertiary/aromatic N) is 2. The number of aryl methyl sites for hydroxylation is 1. The molecule has 84 valence electrons. The Balaban J connectivity index is 2.68. The van der Waals surface area contributed by atoms with Crippen LogP contribution in [-0.4, -0.2) is 14.5 Å². The van der Waals surface area contributed by atoms with E-state index >= 15 is 0 Å². The first kappa shape index (κ1) is 9.77. The van der Waals surface area contributed by atoms with Crippen LogP contribution in [0, 0.1) is 0 Å². The van der Waals surface area contributed by atoms with Crippen molar-refractivity contribution in [3.8, 4) is 0 Å². The fourth-order valence-corrected chi connectivity index (χ4v) is 1.93. The number of nitrogens with one attached hydrogen (secondary N) is 1. The van der Waals surface area contributed by atoms with Gasteiger partial charge < -0.3 is 9.55 Å². The highest BCUT2D eigenvalue weighted by Crippen LogP contribution is 2.17. The molecule has 2 aromatic heterocycles. The average Bonchev–Trinajstić information content (AvgIpc) is 2.32. The lowest BCUT2D eigenvalue weighted by atomic mass is 10.1. The van der Waals surface area contributed by atoms with Gasteiger partial charge in [0.15, 0.2) is 0 Å². The molecule has 0 saturated heterocycles. The van der Waals surface area contributed by atoms with Crippen LogP contribution < -0.4 is 11.2 Å². The second-order valence-corrected chi connectivity index (χ2v) is 3.90. The Kier molecular flexibility index (Phi) is 1.89. The Morgan fingerprint density at radius 3 is 2.59 bits per heavy atom. The van der Waals surface area contributed by atoms with Gasteiger partial charge in [0.2, 0.25) is 0 Å². The molecule has 1 aromatic carbocycles. The van der Waals surface area contributed by atoms with Crippen LogP contribution in [0.3, 0.4) is 0 Å². The van der Waals surface area contributed by atoms with Gasteiger partial charge in [-0.25, -0.2) is 4.79 Å². The molecule has 5 heteroatoms. The summed E-state index contributed by atoms with van der Waals surface area (Å²) in [5.41, 5.74) is -0.283. The first-order valence-electron chi connectivity index (χ1n) is 5.15. The van der Waals surface area contributed by atoms with Crippen molar-refractivity contribution < 1.29 is 0 Å². The van der Waals surface area contributed by atoms with Gasteiger partial charge in [-0.15, -0.1) is 0 Å². The smallest absolute Gasteiger partial charge is 0.306 e. The largest absolute Gasteiger partial charge is 0.349 e. The number of H-pyrrole nitrogens is 1. The van der Waals surface area contributed by atoms with Crippen LogP contribution in [0.1, 0.15) is 0 Å². The van der Waals surface area contributed by atoms with Gasteiger partial charge in [-0.05, 0) is 11.5 Å². The van der Waals surface area contributed by atoms with Gasteiger partial charge in [-0.2, -0.15) is 4.98 Å². The maximum Gasteiger partial charge on any atom is 0.349 e. The molecule has 0 spiro atoms. The van der Waals surface area contributed by atoms with E-state index in [4.69, 9.17) is 0 Å². The van der Waals surface area contributed by atoms with Gasteiger partial charge >= 0.3 is 5.69 Å². The second kappa shape index (κ2) is 3.28. The number of rotatable bonds is 0. The highest BCUT2D eigenvalue weighted by molar-refractivity contribution is 6.03. The monoisotopic (exact) mass is 227 g/mol. The van der Waals surface area contributed by atoms with Crippen molar-refractivity contribution in [1.82, 2.24) is 14.5 Å². The molecule has 0 aliphatic heterocycles. The van der Waals surface area contributed by atoms with Gasteiger partial charge in [0, 0.05) is 24.0 Å². The summed E-state index contributed by atoms with van der Waals surface area (Å²) >= 11 is 0. The zero-order valence-electron chi connectivity index (χ0n) is 9.10. The highest BCUT2D eigenvalue weighted by atomic mass is 16.1. The summed E-state index contributed by atoms with van der Waals surface area (Å²) in [5, 5.41) is 2.16. The van der Waals surface area contributed by atoms with Crippen LogP contribution in [-0.2, 0) is 7.05 Å². The van der Waals surface area contributed by atoms with Crippen LogP contribution >= 0.6 is 0 Å². The fraction of sp³-hybridized carbons (Fsp3) is 0.0833. The van der Waals surface area contributed by atoms with Crippen molar-refractivity contribution in [2.24, 2.45) is 7.05 Å². The molecule has 2 heterocycles. The molecule has 0 radical (unpaired) electrons. The summed E-state index contributed by atoms with van der Waals surface area (Å²) in [7, 11) is 1.63. The van der Waals surface area contributed by atoms with E-state index in [9.17, 15) is 9.59 Å². The number of hydrogen-bond donors (Lipinski definition) is 1. The first-order valence-corrected chi connectivity index (χ1v) is 5.15. The molecule has 0 aliphatic carbocycles. The summed E-state index contributed by atoms with van der Waals surface area (Å²) < 4.78 is 1.40. The predicted molar refractivity (Wildman–Crippen MR) is 65.1 cm³/mol. The van der Waals surface area contributed by atoms with E-state index in [2.05, 4.69) is 9.97 Å². The van der Waals surface area contributed by atoms with Gasteiger partial charge in [0.1, 0.15) is 5.65 Å². The van der Waals surface area contributed by atoms with Gasteiger partial charge in [-0.3, -0.25) is 4.79 Å². The topological polar surface area (TPSA) is 67.8 Å². The van der Waals surface area contributed by atoms with Gasteiger partial charge in [-0.1, -0.05) is 18.2 Å². The number of aromatic amines is 1. The summed E-state index contributed by atoms with van der Waals surface area (Å²) in [5.74, 6) is 0. The SMILES string of the molecule is Cn1cc2c(nc1=O)[nH]c(=O)c1ccccc12. The van der Waals surface area contributed by atoms with Crippen LogP contribution in [0.25, 0.3) is 21.8 Å². The third-order valence-corrected chi connectivity index (χ3v) is 2.78. The molecule has 0 bridgehead atoms. The average molecular weight is 227 g/mol. The van der Waals surface area contributed by atoms with E-state index in [1.165, 1.54) is 4.57 Å². The second-order valence-electron chi connectivity index (χ2n) is 3.90. The molecular weight excluding hydrogens is 218 g/mol. The molecule has 0 saturated carbocycles. The number of fused-ring (bicyclic) bond motifs is 3. The van der Waals surface area contributed by atoms with Crippen molar-refractivity contribution in [2.75, 3.05) is 0 Å². The maximum absolute atomic E-state index is 11.8. The van der Waals surface area contributed by atoms with Gasteiger partial charge in [0.05, 0.1) is 0 Å². The number of hydrogen-bond acceptors (Lipinski definition) is 3. The molecule has 3 rings (SSSR count). The number of pyridine rings is 1. The standard InChI is InChI=1S/C12H9N3O2/c1-15-6-9-7-4-2-3-5-8(7)11(16)13-10(9)14-12(15)17/h2-6H,1H3,(H,13,14,16,17). The Labute approximate surface area is 95.4 Å². The molecule has 17 heavy (non-hydrogen) atoms. The maximum atomic E-state index is 11.8. The molecule has 0 atom stereocenters. The molecular formula is C12H9N3O2. The lowest BCUT2D eigenvalue weighted by Crippen LogP contribution is -2.21. The number of aromatic nitrogens is 3. The molecule has 1 N–H and O–H groups in total. The first-order chi connectivity index (χ1) is 8.16. The summed E-state index contributed by atoms with van der Waals surface area (Å²) in [4.78, 5) is 29.7. The highest BCUT2D eigenvalue weighted by Gasteiger charge is 2.06. The molecule has 0 fully saturated rings. The predicted octanol–water partition coefficient (Wildman–Crippen LogP) is 0.775. The fourth-order valence-electron chi connectivity index (χ4n) is 1.93. The number of benzene rings is 1. The zero-order chi connectivity index (χ0) is 12.0. The van der Waals surface area contributed by atoms with Crippen molar-refractivity contribution in [2.45, 2.75) is 0 Å². The Hall–Kier alpha value is -2.43. The van der Waals surface area contributed by atoms with Crippen LogP contribution in [0.2, 0.25) is 0 Å². The molecule has 0 unspecified atom stereocenters. The third kappa shape index (κ3) is 1.36. The molecule has 5 nitrogen and oxygen atoms in total. The quantitative estimate of drug-likeness (QED) is 0.577. The van der Waals surface area contributed by atoms with E-state index in [1.807, 2.05) is 12.1 Å². The van der Waals surface area contributed by atoms with E-state index in [0.717, 1.165) is 10.8 Å². The third-order valence-electron chi connectivity index (χ3n) is 2.78. The lowest BCUT2D eigenvalue weighted by molar-refractivity contribution is 0.824. The minimum atomic E-state index is -0.386. The van der Waals surface area contributed by atoms with Crippen molar-refractivity contribution >= 4 is 21.8 Å². The molecule has 0 amide bonds. The Bertz CT molecular complexity index is 846. The summed E-state index contributed by atoms with van der Waals surface area (Å²) in [6, 6.07) is 7.25. The van der Waals surface area contributed by atoms with E-state index in [0.29, 0.717) is 11.0 Å². The summed E-state index contributed by atoms with van der Waals surface area (Å²) in [6.07, 6.45) is 1.68. The molecule has 0 aliphatic rings. The minimum absolute atomic E-state index is 0.228. The zero-order valence-corrected chi connectivity index (χ0v) is 9.10. The summed E-state index contributed by atoms with van der Waals surface area (Å²) in [6.45, 7) is 0. The Morgan fingerprint density at radius 1 is 1.12 bits per heavy atom. The molecule has 3 aromatic rings. The van der Waals surface area contributed by atoms with Crippen LogP contribution in [0.15, 0.2) is 40.1 Å². The van der Waals surface area contributed by atoms with Gasteiger partial charge in [0.25, 0.3) is 5.56 Å². The van der Waals surface area contributed by atoms with E-state index < -0.39 is 0 Å². The van der Waals surface area contributed by atoms with Crippen molar-refractivity contribution in [3.63, 3.8) is 0 Å². The lowest BCUT2D eigenvalue weighted by Gasteiger charge is -2.03.